The molecule has 0 heterocycles. The van der Waals surface area contributed by atoms with E-state index in [1.165, 1.54) is 0 Å². The molecule has 0 aromatic carbocycles. The van der Waals surface area contributed by atoms with E-state index in [-0.39, 0.29) is 5.41 Å². The Balaban J connectivity index is 2.83. The Bertz CT molecular complexity index is 410. The summed E-state index contributed by atoms with van der Waals surface area (Å²) in [7, 11) is -1.27. The Kier molecular flexibility index (Phi) is 3.51. The highest BCUT2D eigenvalue weighted by Crippen LogP contribution is 2.18. The van der Waals surface area contributed by atoms with Crippen LogP contribution in [0, 0.1) is 28.7 Å². The smallest absolute Gasteiger partial charge is 0.127 e. The molecule has 0 N–H and O–H groups in total. The first-order valence-corrected chi connectivity index (χ1v) is 9.16. The molecule has 0 nitrogen and oxygen atoms in total. The lowest BCUT2D eigenvalue weighted by Gasteiger charge is -2.10. The molecule has 1 aliphatic carbocycles. The van der Waals surface area contributed by atoms with Crippen molar-refractivity contribution in [3.05, 3.63) is 23.3 Å². The monoisotopic (exact) mass is 228 g/mol. The van der Waals surface area contributed by atoms with E-state index >= 15 is 0 Å². The van der Waals surface area contributed by atoms with Crippen molar-refractivity contribution in [2.75, 3.05) is 0 Å². The van der Waals surface area contributed by atoms with Gasteiger partial charge in [-0.05, 0) is 32.9 Å². The van der Waals surface area contributed by atoms with Gasteiger partial charge in [-0.2, -0.15) is 0 Å². The number of hydrogen-bond acceptors (Lipinski definition) is 0. The first-order valence-electron chi connectivity index (χ1n) is 5.66. The van der Waals surface area contributed by atoms with Crippen LogP contribution >= 0.6 is 0 Å². The summed E-state index contributed by atoms with van der Waals surface area (Å²) in [5.74, 6) is 9.68. The summed E-state index contributed by atoms with van der Waals surface area (Å²) < 4.78 is 0. The summed E-state index contributed by atoms with van der Waals surface area (Å²) in [6, 6.07) is 0. The van der Waals surface area contributed by atoms with Crippen LogP contribution in [0.15, 0.2) is 23.3 Å². The van der Waals surface area contributed by atoms with E-state index in [1.807, 2.05) is 6.08 Å². The van der Waals surface area contributed by atoms with Crippen LogP contribution in [0.4, 0.5) is 0 Å². The fourth-order valence-electron chi connectivity index (χ4n) is 0.978. The van der Waals surface area contributed by atoms with Crippen LogP contribution in [0.3, 0.4) is 0 Å². The Labute approximate surface area is 101 Å². The average molecular weight is 228 g/mol. The van der Waals surface area contributed by atoms with Gasteiger partial charge in [0.15, 0.2) is 0 Å². The highest BCUT2D eigenvalue weighted by atomic mass is 28.3. The summed E-state index contributed by atoms with van der Waals surface area (Å²) in [5.41, 5.74) is 5.63. The van der Waals surface area contributed by atoms with Crippen LogP contribution in [0.25, 0.3) is 0 Å². The standard InChI is InChI=1S/C15H20Si/c1-15(2,3)11-9-13-7-8-14(13)10-12-16(4,5)6/h7-8H,1-6H3. The van der Waals surface area contributed by atoms with Gasteiger partial charge in [0.25, 0.3) is 0 Å². The molecular formula is C15H20Si. The molecule has 16 heavy (non-hydrogen) atoms. The predicted octanol–water partition coefficient (Wildman–Crippen LogP) is 3.78. The van der Waals surface area contributed by atoms with Crippen molar-refractivity contribution in [3.63, 3.8) is 0 Å². The highest BCUT2D eigenvalue weighted by molar-refractivity contribution is 6.83. The Morgan fingerprint density at radius 2 is 1.44 bits per heavy atom. The maximum Gasteiger partial charge on any atom is 0.129 e. The lowest BCUT2D eigenvalue weighted by Crippen LogP contribution is -2.16. The second-order valence-electron chi connectivity index (χ2n) is 6.16. The first kappa shape index (κ1) is 12.9. The second-order valence-corrected chi connectivity index (χ2v) is 10.9. The normalized spacial score (nSPS) is 14.6. The van der Waals surface area contributed by atoms with Gasteiger partial charge in [-0.3, -0.25) is 0 Å². The Hall–Kier alpha value is -1.18. The molecule has 0 fully saturated rings. The Morgan fingerprint density at radius 3 is 1.81 bits per heavy atom. The molecule has 0 atom stereocenters. The molecule has 0 saturated carbocycles. The van der Waals surface area contributed by atoms with E-state index in [0.717, 1.165) is 11.1 Å². The van der Waals surface area contributed by atoms with Crippen molar-refractivity contribution >= 4 is 8.07 Å². The molecule has 0 aromatic rings. The maximum absolute atomic E-state index is 3.36. The highest BCUT2D eigenvalue weighted by Gasteiger charge is 2.10. The molecule has 0 amide bonds. The molecule has 0 spiro atoms. The third-order valence-corrected chi connectivity index (χ3v) is 2.73. The van der Waals surface area contributed by atoms with Crippen LogP contribution < -0.4 is 0 Å². The van der Waals surface area contributed by atoms with Crippen molar-refractivity contribution in [3.8, 4) is 23.3 Å². The minimum absolute atomic E-state index is 0.0632. The lowest BCUT2D eigenvalue weighted by molar-refractivity contribution is 0.571. The van der Waals surface area contributed by atoms with Crippen molar-refractivity contribution in [1.29, 1.82) is 0 Å². The van der Waals surface area contributed by atoms with E-state index in [4.69, 9.17) is 0 Å². The van der Waals surface area contributed by atoms with Gasteiger partial charge in [0, 0.05) is 16.6 Å². The summed E-state index contributed by atoms with van der Waals surface area (Å²) in [6.45, 7) is 13.1. The van der Waals surface area contributed by atoms with E-state index in [2.05, 4.69) is 69.8 Å². The molecule has 0 aromatic heterocycles. The number of allylic oxidation sites excluding steroid dienone is 4. The van der Waals surface area contributed by atoms with Gasteiger partial charge in [-0.25, -0.2) is 0 Å². The van der Waals surface area contributed by atoms with Crippen LogP contribution in [0.1, 0.15) is 20.8 Å². The fraction of sp³-hybridized carbons (Fsp3) is 0.467. The molecule has 0 bridgehead atoms. The molecule has 0 unspecified atom stereocenters. The fourth-order valence-corrected chi connectivity index (χ4v) is 1.49. The van der Waals surface area contributed by atoms with Gasteiger partial charge in [-0.15, -0.1) is 5.54 Å². The van der Waals surface area contributed by atoms with Gasteiger partial charge < -0.3 is 0 Å². The minimum atomic E-state index is -1.27. The van der Waals surface area contributed by atoms with Crippen molar-refractivity contribution < 1.29 is 0 Å². The third-order valence-electron chi connectivity index (χ3n) is 1.85. The summed E-state index contributed by atoms with van der Waals surface area (Å²) in [5, 5.41) is 0. The quantitative estimate of drug-likeness (QED) is 0.437. The van der Waals surface area contributed by atoms with Gasteiger partial charge >= 0.3 is 0 Å². The molecule has 1 heteroatoms. The van der Waals surface area contributed by atoms with Crippen LogP contribution in [-0.4, -0.2) is 8.07 Å². The average Bonchev–Trinajstić information content (AvgIpc) is 1.97. The van der Waals surface area contributed by atoms with E-state index in [9.17, 15) is 0 Å². The Morgan fingerprint density at radius 1 is 0.938 bits per heavy atom. The maximum atomic E-state index is 3.36. The van der Waals surface area contributed by atoms with E-state index in [0.29, 0.717) is 0 Å². The third kappa shape index (κ3) is 4.56. The summed E-state index contributed by atoms with van der Waals surface area (Å²) in [6.07, 6.45) is 4.10. The largest absolute Gasteiger partial charge is 0.129 e. The zero-order valence-electron chi connectivity index (χ0n) is 11.2. The van der Waals surface area contributed by atoms with E-state index in [1.54, 1.807) is 0 Å². The number of hydrogen-bond donors (Lipinski definition) is 0. The molecule has 0 radical (unpaired) electrons. The van der Waals surface area contributed by atoms with E-state index < -0.39 is 8.07 Å². The van der Waals surface area contributed by atoms with Crippen molar-refractivity contribution in [2.45, 2.75) is 40.4 Å². The van der Waals surface area contributed by atoms with Crippen LogP contribution in [0.2, 0.25) is 19.6 Å². The van der Waals surface area contributed by atoms with Crippen LogP contribution in [-0.2, 0) is 0 Å². The van der Waals surface area contributed by atoms with Gasteiger partial charge in [0.2, 0.25) is 0 Å². The minimum Gasteiger partial charge on any atom is -0.127 e. The lowest BCUT2D eigenvalue weighted by atomic mass is 9.94. The second kappa shape index (κ2) is 4.36. The number of rotatable bonds is 0. The zero-order chi connectivity index (χ0) is 12.4. The predicted molar refractivity (Wildman–Crippen MR) is 74.5 cm³/mol. The first-order chi connectivity index (χ1) is 7.17. The molecule has 1 rings (SSSR count). The SMILES string of the molecule is CC(C)(C)C#CC1=C(C#C[Si](C)(C)C)C=C1. The van der Waals surface area contributed by atoms with Crippen molar-refractivity contribution in [2.24, 2.45) is 5.41 Å². The molecular weight excluding hydrogens is 208 g/mol. The zero-order valence-corrected chi connectivity index (χ0v) is 12.2. The van der Waals surface area contributed by atoms with Gasteiger partial charge in [0.05, 0.1) is 0 Å². The summed E-state index contributed by atoms with van der Waals surface area (Å²) in [4.78, 5) is 0. The summed E-state index contributed by atoms with van der Waals surface area (Å²) >= 11 is 0. The van der Waals surface area contributed by atoms with Crippen molar-refractivity contribution in [1.82, 2.24) is 0 Å². The van der Waals surface area contributed by atoms with Gasteiger partial charge in [-0.1, -0.05) is 37.4 Å². The molecule has 84 valence electrons. The molecule has 0 saturated heterocycles. The topological polar surface area (TPSA) is 0 Å². The molecule has 1 aliphatic rings. The van der Waals surface area contributed by atoms with Crippen LogP contribution in [0.5, 0.6) is 0 Å². The molecule has 0 aliphatic heterocycles. The van der Waals surface area contributed by atoms with Gasteiger partial charge in [0.1, 0.15) is 8.07 Å².